The van der Waals surface area contributed by atoms with Gasteiger partial charge in [-0.2, -0.15) is 9.80 Å². The third kappa shape index (κ3) is 4.68. The van der Waals surface area contributed by atoms with E-state index < -0.39 is 0 Å². The van der Waals surface area contributed by atoms with Crippen LogP contribution in [0.25, 0.3) is 15.6 Å². The Morgan fingerprint density at radius 1 is 0.941 bits per heavy atom. The van der Waals surface area contributed by atoms with E-state index in [0.717, 1.165) is 16.2 Å². The van der Waals surface area contributed by atoms with E-state index in [-0.39, 0.29) is 11.2 Å². The number of hydrogen-bond acceptors (Lipinski definition) is 6. The second kappa shape index (κ2) is 9.46. The minimum Gasteiger partial charge on any atom is -0.457 e. The molecule has 7 nitrogen and oxygen atoms in total. The summed E-state index contributed by atoms with van der Waals surface area (Å²) in [5.41, 5.74) is 2.09. The van der Waals surface area contributed by atoms with Crippen LogP contribution in [-0.2, 0) is 0 Å². The number of halogens is 1. The third-order valence-electron chi connectivity index (χ3n) is 4.93. The van der Waals surface area contributed by atoms with Crippen molar-refractivity contribution in [2.24, 2.45) is 10.2 Å². The largest absolute Gasteiger partial charge is 0.457 e. The molecule has 0 aliphatic carbocycles. The second-order valence-electron chi connectivity index (χ2n) is 7.35. The Kier molecular flexibility index (Phi) is 6.07. The van der Waals surface area contributed by atoms with Gasteiger partial charge in [-0.1, -0.05) is 53.3 Å². The zero-order valence-electron chi connectivity index (χ0n) is 18.0. The Morgan fingerprint density at radius 3 is 2.38 bits per heavy atom. The van der Waals surface area contributed by atoms with E-state index in [2.05, 4.69) is 20.3 Å². The van der Waals surface area contributed by atoms with Crippen molar-refractivity contribution in [1.29, 1.82) is 0 Å². The maximum Gasteiger partial charge on any atom is 0.301 e. The molecule has 0 aliphatic rings. The molecule has 1 N–H and O–H groups in total. The fraction of sp³-hybridized carbons (Fsp3) is 0.0400. The summed E-state index contributed by atoms with van der Waals surface area (Å²) in [7, 11) is 0. The van der Waals surface area contributed by atoms with Gasteiger partial charge in [-0.15, -0.1) is 5.11 Å². The van der Waals surface area contributed by atoms with Gasteiger partial charge in [0.2, 0.25) is 5.13 Å². The predicted molar refractivity (Wildman–Crippen MR) is 134 cm³/mol. The molecule has 0 atom stereocenters. The van der Waals surface area contributed by atoms with Crippen molar-refractivity contribution in [3.05, 3.63) is 106 Å². The molecule has 0 saturated heterocycles. The first kappa shape index (κ1) is 21.8. The molecule has 2 heterocycles. The lowest BCUT2D eigenvalue weighted by Gasteiger charge is -2.04. The number of rotatable bonds is 6. The van der Waals surface area contributed by atoms with Crippen LogP contribution in [0.2, 0.25) is 5.02 Å². The number of aromatic amines is 1. The van der Waals surface area contributed by atoms with Crippen LogP contribution in [0.1, 0.15) is 5.69 Å². The smallest absolute Gasteiger partial charge is 0.301 e. The third-order valence-corrected chi connectivity index (χ3v) is 6.22. The van der Waals surface area contributed by atoms with Crippen molar-refractivity contribution in [2.45, 2.75) is 6.92 Å². The Hall–Kier alpha value is -4.01. The van der Waals surface area contributed by atoms with Crippen LogP contribution in [0, 0.1) is 6.92 Å². The van der Waals surface area contributed by atoms with Crippen molar-refractivity contribution >= 4 is 34.3 Å². The fourth-order valence-corrected chi connectivity index (χ4v) is 4.23. The number of benzene rings is 3. The topological polar surface area (TPSA) is 84.6 Å². The Balaban J connectivity index is 1.34. The second-order valence-corrected chi connectivity index (χ2v) is 8.79. The van der Waals surface area contributed by atoms with Crippen LogP contribution in [-0.4, -0.2) is 14.8 Å². The molecule has 2 aromatic heterocycles. The van der Waals surface area contributed by atoms with Crippen LogP contribution < -0.4 is 10.3 Å². The van der Waals surface area contributed by atoms with Crippen LogP contribution in [0.5, 0.6) is 11.5 Å². The lowest BCUT2D eigenvalue weighted by atomic mass is 10.2. The monoisotopic (exact) mass is 487 g/mol. The van der Waals surface area contributed by atoms with Gasteiger partial charge in [-0.05, 0) is 61.0 Å². The molecule has 0 amide bonds. The van der Waals surface area contributed by atoms with Gasteiger partial charge in [-0.25, -0.2) is 4.98 Å². The summed E-state index contributed by atoms with van der Waals surface area (Å²) < 4.78 is 7.16. The maximum absolute atomic E-state index is 13.0. The minimum absolute atomic E-state index is 0.229. The Morgan fingerprint density at radius 2 is 1.65 bits per heavy atom. The molecule has 0 unspecified atom stereocenters. The first-order chi connectivity index (χ1) is 16.6. The van der Waals surface area contributed by atoms with E-state index in [9.17, 15) is 4.79 Å². The zero-order chi connectivity index (χ0) is 23.5. The first-order valence-electron chi connectivity index (χ1n) is 10.4. The maximum atomic E-state index is 13.0. The molecular formula is C25H18ClN5O2S. The van der Waals surface area contributed by atoms with Gasteiger partial charge >= 0.3 is 5.56 Å². The highest BCUT2D eigenvalue weighted by Gasteiger charge is 2.15. The molecule has 0 radical (unpaired) electrons. The minimum atomic E-state index is -0.317. The fourth-order valence-electron chi connectivity index (χ4n) is 3.22. The summed E-state index contributed by atoms with van der Waals surface area (Å²) >= 11 is 7.36. The number of azo groups is 1. The highest BCUT2D eigenvalue weighted by Crippen LogP contribution is 2.29. The molecule has 9 heteroatoms. The van der Waals surface area contributed by atoms with Gasteiger partial charge < -0.3 is 4.74 Å². The van der Waals surface area contributed by atoms with Crippen LogP contribution in [0.15, 0.2) is 100 Å². The van der Waals surface area contributed by atoms with E-state index in [0.29, 0.717) is 27.3 Å². The predicted octanol–water partition coefficient (Wildman–Crippen LogP) is 7.46. The van der Waals surface area contributed by atoms with Crippen LogP contribution in [0.4, 0.5) is 11.4 Å². The molecule has 0 aliphatic heterocycles. The average molecular weight is 488 g/mol. The quantitative estimate of drug-likeness (QED) is 0.252. The van der Waals surface area contributed by atoms with E-state index >= 15 is 0 Å². The molecule has 3 aromatic carbocycles. The summed E-state index contributed by atoms with van der Waals surface area (Å²) in [5.74, 6) is 1.44. The number of nitrogens with one attached hydrogen (secondary N) is 1. The van der Waals surface area contributed by atoms with E-state index in [1.54, 1.807) is 37.4 Å². The van der Waals surface area contributed by atoms with Crippen LogP contribution >= 0.6 is 22.9 Å². The van der Waals surface area contributed by atoms with Gasteiger partial charge in [0, 0.05) is 11.2 Å². The van der Waals surface area contributed by atoms with Crippen molar-refractivity contribution in [3.63, 3.8) is 0 Å². The van der Waals surface area contributed by atoms with Gasteiger partial charge in [0.25, 0.3) is 0 Å². The number of ether oxygens (including phenoxy) is 1. The zero-order valence-corrected chi connectivity index (χ0v) is 19.5. The van der Waals surface area contributed by atoms with Gasteiger partial charge in [0.15, 0.2) is 5.69 Å². The number of aryl methyl sites for hydroxylation is 1. The van der Waals surface area contributed by atoms with Crippen molar-refractivity contribution < 1.29 is 4.74 Å². The average Bonchev–Trinajstić information content (AvgIpc) is 3.44. The number of aromatic nitrogens is 3. The Bertz CT molecular complexity index is 1500. The SMILES string of the molecule is Cc1[nH]n(-c2ncc(-c3ccc(Cl)cc3)s2)c(=O)c1N=Nc1ccc(Oc2ccccc2)cc1. The van der Waals surface area contributed by atoms with Crippen molar-refractivity contribution in [1.82, 2.24) is 14.8 Å². The summed E-state index contributed by atoms with van der Waals surface area (Å²) in [6, 6.07) is 24.2. The van der Waals surface area contributed by atoms with Crippen LogP contribution in [0.3, 0.4) is 0 Å². The normalized spacial score (nSPS) is 11.2. The molecule has 0 saturated carbocycles. The molecule has 5 aromatic rings. The molecule has 0 spiro atoms. The molecule has 168 valence electrons. The highest BCUT2D eigenvalue weighted by molar-refractivity contribution is 7.17. The number of thiazole rings is 1. The molecule has 0 bridgehead atoms. The standard InChI is InChI=1S/C25H18ClN5O2S/c1-16-23(29-28-19-11-13-21(14-12-19)33-20-5-3-2-4-6-20)24(32)31(30-16)25-27-15-22(34-25)17-7-9-18(26)10-8-17/h2-15,30H,1H3. The van der Waals surface area contributed by atoms with E-state index in [1.165, 1.54) is 16.0 Å². The number of H-pyrrole nitrogens is 1. The molecule has 0 fully saturated rings. The van der Waals surface area contributed by atoms with Gasteiger partial charge in [0.05, 0.1) is 16.3 Å². The van der Waals surface area contributed by atoms with E-state index in [4.69, 9.17) is 16.3 Å². The number of nitrogens with zero attached hydrogens (tertiary/aromatic N) is 4. The summed E-state index contributed by atoms with van der Waals surface area (Å²) in [5, 5.41) is 12.6. The summed E-state index contributed by atoms with van der Waals surface area (Å²) in [6.07, 6.45) is 1.73. The lowest BCUT2D eigenvalue weighted by Crippen LogP contribution is -2.13. The summed E-state index contributed by atoms with van der Waals surface area (Å²) in [6.45, 7) is 1.77. The number of hydrogen-bond donors (Lipinski definition) is 1. The van der Waals surface area contributed by atoms with Crippen molar-refractivity contribution in [2.75, 3.05) is 0 Å². The molecule has 34 heavy (non-hydrogen) atoms. The first-order valence-corrected chi connectivity index (χ1v) is 11.5. The molecule has 5 rings (SSSR count). The van der Waals surface area contributed by atoms with E-state index in [1.807, 2.05) is 54.6 Å². The van der Waals surface area contributed by atoms with Gasteiger partial charge in [-0.3, -0.25) is 9.89 Å². The summed E-state index contributed by atoms with van der Waals surface area (Å²) in [4.78, 5) is 18.3. The lowest BCUT2D eigenvalue weighted by molar-refractivity contribution is 0.483. The van der Waals surface area contributed by atoms with Gasteiger partial charge in [0.1, 0.15) is 11.5 Å². The number of para-hydroxylation sites is 1. The highest BCUT2D eigenvalue weighted by atomic mass is 35.5. The Labute approximate surface area is 204 Å². The molecular weight excluding hydrogens is 470 g/mol. The van der Waals surface area contributed by atoms with Crippen molar-refractivity contribution in [3.8, 4) is 27.1 Å².